The Morgan fingerprint density at radius 1 is 1.57 bits per heavy atom. The van der Waals surface area contributed by atoms with Crippen LogP contribution in [0.25, 0.3) is 0 Å². The molecule has 1 amide bonds. The summed E-state index contributed by atoms with van der Waals surface area (Å²) in [6.45, 7) is 2.84. The van der Waals surface area contributed by atoms with Crippen molar-refractivity contribution in [1.82, 2.24) is 10.6 Å². The van der Waals surface area contributed by atoms with E-state index in [4.69, 9.17) is 0 Å². The summed E-state index contributed by atoms with van der Waals surface area (Å²) in [5.41, 5.74) is 0. The second-order valence-corrected chi connectivity index (χ2v) is 5.87. The fourth-order valence-electron chi connectivity index (χ4n) is 1.27. The molecule has 14 heavy (non-hydrogen) atoms. The number of thioether (sulfide) groups is 2. The minimum absolute atomic E-state index is 0.0680. The van der Waals surface area contributed by atoms with E-state index in [1.165, 1.54) is 17.3 Å². The molecular weight excluding hydrogens is 216 g/mol. The molecule has 0 spiro atoms. The third kappa shape index (κ3) is 4.11. The zero-order chi connectivity index (χ0) is 10.4. The number of nitrogens with one attached hydrogen (secondary N) is 2. The predicted molar refractivity (Wildman–Crippen MR) is 65.1 cm³/mol. The molecule has 2 N–H and O–H groups in total. The van der Waals surface area contributed by atoms with Crippen LogP contribution in [0.15, 0.2) is 0 Å². The van der Waals surface area contributed by atoms with Gasteiger partial charge in [-0.3, -0.25) is 4.79 Å². The summed E-state index contributed by atoms with van der Waals surface area (Å²) in [4.78, 5) is 11.2. The largest absolute Gasteiger partial charge is 0.358 e. The van der Waals surface area contributed by atoms with Gasteiger partial charge in [0.05, 0.1) is 6.04 Å². The topological polar surface area (TPSA) is 41.1 Å². The van der Waals surface area contributed by atoms with Gasteiger partial charge in [0.25, 0.3) is 0 Å². The van der Waals surface area contributed by atoms with Gasteiger partial charge in [0, 0.05) is 36.1 Å². The Hall–Kier alpha value is 0.130. The molecule has 0 aromatic rings. The molecule has 1 fully saturated rings. The van der Waals surface area contributed by atoms with Crippen LogP contribution >= 0.6 is 23.5 Å². The van der Waals surface area contributed by atoms with Gasteiger partial charge >= 0.3 is 0 Å². The lowest BCUT2D eigenvalue weighted by molar-refractivity contribution is -0.122. The van der Waals surface area contributed by atoms with Gasteiger partial charge in [-0.05, 0) is 6.92 Å². The molecule has 5 heteroatoms. The van der Waals surface area contributed by atoms with E-state index in [9.17, 15) is 4.79 Å². The van der Waals surface area contributed by atoms with Crippen LogP contribution in [-0.4, -0.2) is 48.0 Å². The smallest absolute Gasteiger partial charge is 0.236 e. The molecule has 0 aromatic heterocycles. The second kappa shape index (κ2) is 6.58. The highest BCUT2D eigenvalue weighted by Gasteiger charge is 2.16. The van der Waals surface area contributed by atoms with Gasteiger partial charge in [-0.2, -0.15) is 23.5 Å². The molecule has 1 rings (SSSR count). The highest BCUT2D eigenvalue weighted by molar-refractivity contribution is 8.06. The van der Waals surface area contributed by atoms with E-state index in [2.05, 4.69) is 10.6 Å². The Bertz CT molecular complexity index is 184. The number of rotatable bonds is 4. The van der Waals surface area contributed by atoms with Gasteiger partial charge < -0.3 is 10.6 Å². The highest BCUT2D eigenvalue weighted by Crippen LogP contribution is 2.23. The van der Waals surface area contributed by atoms with E-state index >= 15 is 0 Å². The molecule has 0 aromatic carbocycles. The first kappa shape index (κ1) is 12.2. The summed E-state index contributed by atoms with van der Waals surface area (Å²) >= 11 is 4.02. The fraction of sp³-hybridized carbons (Fsp3) is 0.889. The van der Waals surface area contributed by atoms with Crippen LogP contribution in [0.1, 0.15) is 6.92 Å². The van der Waals surface area contributed by atoms with Gasteiger partial charge in [-0.15, -0.1) is 0 Å². The number of hydrogen-bond acceptors (Lipinski definition) is 4. The Labute approximate surface area is 94.2 Å². The van der Waals surface area contributed by atoms with Gasteiger partial charge in [-0.1, -0.05) is 0 Å². The van der Waals surface area contributed by atoms with E-state index in [-0.39, 0.29) is 11.9 Å². The summed E-state index contributed by atoms with van der Waals surface area (Å²) in [5, 5.41) is 6.56. The monoisotopic (exact) mass is 234 g/mol. The molecule has 1 aliphatic rings. The van der Waals surface area contributed by atoms with Crippen molar-refractivity contribution in [2.75, 3.05) is 30.9 Å². The number of likely N-dealkylation sites (N-methyl/N-ethyl adjacent to an activating group) is 1. The lowest BCUT2D eigenvalue weighted by Gasteiger charge is -2.22. The van der Waals surface area contributed by atoms with Crippen LogP contribution in [0.2, 0.25) is 0 Å². The molecule has 1 heterocycles. The van der Waals surface area contributed by atoms with Crippen molar-refractivity contribution < 1.29 is 4.79 Å². The first-order chi connectivity index (χ1) is 6.74. The van der Waals surface area contributed by atoms with Crippen molar-refractivity contribution in [3.05, 3.63) is 0 Å². The highest BCUT2D eigenvalue weighted by atomic mass is 32.2. The lowest BCUT2D eigenvalue weighted by atomic mass is 10.3. The molecule has 2 unspecified atom stereocenters. The van der Waals surface area contributed by atoms with E-state index < -0.39 is 0 Å². The van der Waals surface area contributed by atoms with Gasteiger partial charge in [0.1, 0.15) is 0 Å². The number of carbonyl (C=O) groups excluding carboxylic acids is 1. The van der Waals surface area contributed by atoms with Gasteiger partial charge in [0.15, 0.2) is 0 Å². The molecule has 0 aliphatic carbocycles. The average Bonchev–Trinajstić information content (AvgIpc) is 2.26. The van der Waals surface area contributed by atoms with Crippen molar-refractivity contribution in [3.8, 4) is 0 Å². The molecule has 1 aliphatic heterocycles. The summed E-state index contributed by atoms with van der Waals surface area (Å²) in [5.74, 6) is 3.79. The number of carbonyl (C=O) groups is 1. The van der Waals surface area contributed by atoms with Gasteiger partial charge in [0.2, 0.25) is 5.91 Å². The molecule has 82 valence electrons. The molecular formula is C9H18N2OS2. The predicted octanol–water partition coefficient (Wildman–Crippen LogP) is 0.559. The van der Waals surface area contributed by atoms with Crippen molar-refractivity contribution in [3.63, 3.8) is 0 Å². The van der Waals surface area contributed by atoms with Crippen LogP contribution in [0.4, 0.5) is 0 Å². The molecule has 2 atom stereocenters. The maximum Gasteiger partial charge on any atom is 0.236 e. The Morgan fingerprint density at radius 3 is 2.93 bits per heavy atom. The maximum atomic E-state index is 11.2. The van der Waals surface area contributed by atoms with Crippen molar-refractivity contribution in [1.29, 1.82) is 0 Å². The normalized spacial score (nSPS) is 24.3. The lowest BCUT2D eigenvalue weighted by Crippen LogP contribution is -2.43. The third-order valence-electron chi connectivity index (χ3n) is 2.18. The third-order valence-corrected chi connectivity index (χ3v) is 5.02. The van der Waals surface area contributed by atoms with E-state index in [1.54, 1.807) is 7.05 Å². The summed E-state index contributed by atoms with van der Waals surface area (Å²) in [6.07, 6.45) is 0. The number of hydrogen-bond donors (Lipinski definition) is 2. The summed E-state index contributed by atoms with van der Waals surface area (Å²) < 4.78 is 0. The molecule has 0 saturated carbocycles. The SMILES string of the molecule is CNC(=O)C(C)NCC1CSCCS1. The van der Waals surface area contributed by atoms with Crippen molar-refractivity contribution >= 4 is 29.4 Å². The Balaban J connectivity index is 2.15. The van der Waals surface area contributed by atoms with Gasteiger partial charge in [-0.25, -0.2) is 0 Å². The minimum Gasteiger partial charge on any atom is -0.358 e. The number of amides is 1. The van der Waals surface area contributed by atoms with E-state index in [0.29, 0.717) is 5.25 Å². The molecule has 3 nitrogen and oxygen atoms in total. The van der Waals surface area contributed by atoms with Crippen LogP contribution in [0.5, 0.6) is 0 Å². The second-order valence-electron chi connectivity index (χ2n) is 3.31. The first-order valence-electron chi connectivity index (χ1n) is 4.88. The standard InChI is InChI=1S/C9H18N2OS2/c1-7(9(12)10-2)11-5-8-6-13-3-4-14-8/h7-8,11H,3-6H2,1-2H3,(H,10,12). The van der Waals surface area contributed by atoms with Crippen LogP contribution in [0.3, 0.4) is 0 Å². The molecule has 1 saturated heterocycles. The van der Waals surface area contributed by atoms with Crippen molar-refractivity contribution in [2.45, 2.75) is 18.2 Å². The fourth-order valence-corrected chi connectivity index (χ4v) is 3.90. The first-order valence-corrected chi connectivity index (χ1v) is 7.08. The average molecular weight is 234 g/mol. The summed E-state index contributed by atoms with van der Waals surface area (Å²) in [7, 11) is 1.67. The molecule has 0 radical (unpaired) electrons. The minimum atomic E-state index is -0.0764. The Morgan fingerprint density at radius 2 is 2.36 bits per heavy atom. The summed E-state index contributed by atoms with van der Waals surface area (Å²) in [6, 6.07) is -0.0764. The van der Waals surface area contributed by atoms with Crippen LogP contribution < -0.4 is 10.6 Å². The molecule has 0 bridgehead atoms. The quantitative estimate of drug-likeness (QED) is 0.746. The zero-order valence-corrected chi connectivity index (χ0v) is 10.3. The van der Waals surface area contributed by atoms with E-state index in [1.807, 2.05) is 30.4 Å². The zero-order valence-electron chi connectivity index (χ0n) is 8.71. The van der Waals surface area contributed by atoms with Crippen LogP contribution in [0, 0.1) is 0 Å². The maximum absolute atomic E-state index is 11.2. The Kier molecular flexibility index (Phi) is 5.74. The van der Waals surface area contributed by atoms with Crippen LogP contribution in [-0.2, 0) is 4.79 Å². The van der Waals surface area contributed by atoms with E-state index in [0.717, 1.165) is 6.54 Å². The van der Waals surface area contributed by atoms with Crippen molar-refractivity contribution in [2.24, 2.45) is 0 Å².